The summed E-state index contributed by atoms with van der Waals surface area (Å²) in [4.78, 5) is 4.65. The number of hydrogen-bond acceptors (Lipinski definition) is 4. The Morgan fingerprint density at radius 1 is 1.47 bits per heavy atom. The Hall–Kier alpha value is -0.820. The molecule has 1 aromatic rings. The molecule has 0 unspecified atom stereocenters. The standard InChI is InChI=1S/C8H11ClN2O3S/c1-11(14-2)15(12,13)6-3-4-7(9)8(10)5-6/h3-5H,10H2,1-2H3. The molecular weight excluding hydrogens is 240 g/mol. The Balaban J connectivity index is 3.23. The Morgan fingerprint density at radius 2 is 2.07 bits per heavy atom. The number of benzene rings is 1. The minimum Gasteiger partial charge on any atom is -0.397 e. The van der Waals surface area contributed by atoms with Gasteiger partial charge in [-0.1, -0.05) is 16.1 Å². The van der Waals surface area contributed by atoms with Gasteiger partial charge in [-0.05, 0) is 18.2 Å². The van der Waals surface area contributed by atoms with E-state index in [1.165, 1.54) is 32.4 Å². The number of halogens is 1. The summed E-state index contributed by atoms with van der Waals surface area (Å²) in [5.41, 5.74) is 5.71. The quantitative estimate of drug-likeness (QED) is 0.644. The van der Waals surface area contributed by atoms with Crippen molar-refractivity contribution >= 4 is 27.3 Å². The molecule has 0 aliphatic rings. The molecule has 7 heteroatoms. The first-order valence-electron chi connectivity index (χ1n) is 3.97. The van der Waals surface area contributed by atoms with Gasteiger partial charge < -0.3 is 5.73 Å². The highest BCUT2D eigenvalue weighted by Crippen LogP contribution is 2.23. The van der Waals surface area contributed by atoms with E-state index < -0.39 is 10.0 Å². The molecule has 1 aromatic carbocycles. The Kier molecular flexibility index (Phi) is 3.56. The summed E-state index contributed by atoms with van der Waals surface area (Å²) in [6.07, 6.45) is 0. The fourth-order valence-corrected chi connectivity index (χ4v) is 2.06. The molecule has 0 amide bonds. The molecule has 0 fully saturated rings. The van der Waals surface area contributed by atoms with Crippen molar-refractivity contribution in [2.45, 2.75) is 4.90 Å². The van der Waals surface area contributed by atoms with E-state index in [-0.39, 0.29) is 10.6 Å². The number of hydrogen-bond donors (Lipinski definition) is 1. The van der Waals surface area contributed by atoms with E-state index in [1.807, 2.05) is 0 Å². The summed E-state index contributed by atoms with van der Waals surface area (Å²) in [6.45, 7) is 0. The number of rotatable bonds is 3. The fraction of sp³-hybridized carbons (Fsp3) is 0.250. The van der Waals surface area contributed by atoms with Crippen LogP contribution in [0.25, 0.3) is 0 Å². The van der Waals surface area contributed by atoms with Crippen molar-refractivity contribution < 1.29 is 13.3 Å². The molecule has 0 spiro atoms. The van der Waals surface area contributed by atoms with Crippen molar-refractivity contribution in [1.29, 1.82) is 0 Å². The highest BCUT2D eigenvalue weighted by molar-refractivity contribution is 7.89. The maximum Gasteiger partial charge on any atom is 0.264 e. The van der Waals surface area contributed by atoms with Crippen molar-refractivity contribution in [3.8, 4) is 0 Å². The van der Waals surface area contributed by atoms with Crippen LogP contribution in [0.3, 0.4) is 0 Å². The maximum atomic E-state index is 11.7. The molecule has 0 radical (unpaired) electrons. The molecule has 0 aliphatic carbocycles. The van der Waals surface area contributed by atoms with Crippen LogP contribution >= 0.6 is 11.6 Å². The van der Waals surface area contributed by atoms with Gasteiger partial charge in [0, 0.05) is 7.05 Å². The summed E-state index contributed by atoms with van der Waals surface area (Å²) in [7, 11) is -1.10. The van der Waals surface area contributed by atoms with Gasteiger partial charge in [-0.15, -0.1) is 0 Å². The second-order valence-electron chi connectivity index (χ2n) is 2.78. The highest BCUT2D eigenvalue weighted by Gasteiger charge is 2.21. The van der Waals surface area contributed by atoms with Crippen LogP contribution in [0.15, 0.2) is 23.1 Å². The lowest BCUT2D eigenvalue weighted by Crippen LogP contribution is -2.25. The van der Waals surface area contributed by atoms with Crippen molar-refractivity contribution in [2.75, 3.05) is 19.9 Å². The van der Waals surface area contributed by atoms with Gasteiger partial charge in [0.05, 0.1) is 22.7 Å². The smallest absolute Gasteiger partial charge is 0.264 e. The third-order valence-corrected chi connectivity index (χ3v) is 3.88. The van der Waals surface area contributed by atoms with Gasteiger partial charge in [0.2, 0.25) is 0 Å². The van der Waals surface area contributed by atoms with Crippen LogP contribution in [0, 0.1) is 0 Å². The monoisotopic (exact) mass is 250 g/mol. The van der Waals surface area contributed by atoms with Gasteiger partial charge >= 0.3 is 0 Å². The lowest BCUT2D eigenvalue weighted by molar-refractivity contribution is -0.0258. The molecule has 0 saturated heterocycles. The molecule has 2 N–H and O–H groups in total. The molecule has 0 bridgehead atoms. The topological polar surface area (TPSA) is 72.6 Å². The molecule has 0 heterocycles. The molecule has 84 valence electrons. The first kappa shape index (κ1) is 12.3. The third-order valence-electron chi connectivity index (χ3n) is 1.86. The summed E-state index contributed by atoms with van der Waals surface area (Å²) < 4.78 is 24.2. The number of nitrogens with zero attached hydrogens (tertiary/aromatic N) is 1. The summed E-state index contributed by atoms with van der Waals surface area (Å²) in [6, 6.07) is 4.07. The number of sulfonamides is 1. The zero-order valence-corrected chi connectivity index (χ0v) is 9.84. The molecule has 0 aromatic heterocycles. The van der Waals surface area contributed by atoms with Crippen LogP contribution in [-0.2, 0) is 14.9 Å². The van der Waals surface area contributed by atoms with Crippen LogP contribution in [0.4, 0.5) is 5.69 Å². The fourth-order valence-electron chi connectivity index (χ4n) is 0.929. The van der Waals surface area contributed by atoms with E-state index >= 15 is 0 Å². The third kappa shape index (κ3) is 2.40. The van der Waals surface area contributed by atoms with Crippen molar-refractivity contribution in [3.05, 3.63) is 23.2 Å². The van der Waals surface area contributed by atoms with Crippen LogP contribution in [0.2, 0.25) is 5.02 Å². The van der Waals surface area contributed by atoms with E-state index in [2.05, 4.69) is 4.84 Å². The SMILES string of the molecule is CON(C)S(=O)(=O)c1ccc(Cl)c(N)c1. The average Bonchev–Trinajstić information content (AvgIpc) is 2.20. The second-order valence-corrected chi connectivity index (χ2v) is 5.12. The van der Waals surface area contributed by atoms with Gasteiger partial charge in [-0.2, -0.15) is 0 Å². The Labute approximate surface area is 93.4 Å². The maximum absolute atomic E-state index is 11.7. The van der Waals surface area contributed by atoms with E-state index in [9.17, 15) is 8.42 Å². The zero-order valence-electron chi connectivity index (χ0n) is 8.27. The van der Waals surface area contributed by atoms with Gasteiger partial charge in [0.1, 0.15) is 0 Å². The largest absolute Gasteiger partial charge is 0.397 e. The van der Waals surface area contributed by atoms with E-state index in [1.54, 1.807) is 0 Å². The molecule has 5 nitrogen and oxygen atoms in total. The van der Waals surface area contributed by atoms with Crippen LogP contribution < -0.4 is 5.73 Å². The van der Waals surface area contributed by atoms with Gasteiger partial charge in [-0.25, -0.2) is 8.42 Å². The van der Waals surface area contributed by atoms with Gasteiger partial charge in [-0.3, -0.25) is 4.84 Å². The molecule has 15 heavy (non-hydrogen) atoms. The summed E-state index contributed by atoms with van der Waals surface area (Å²) in [5, 5.41) is 0.314. The van der Waals surface area contributed by atoms with E-state index in [0.29, 0.717) is 5.02 Å². The number of anilines is 1. The molecule has 1 rings (SSSR count). The average molecular weight is 251 g/mol. The minimum absolute atomic E-state index is 0.0359. The Bertz CT molecular complexity index is 461. The highest BCUT2D eigenvalue weighted by atomic mass is 35.5. The number of nitrogen functional groups attached to an aromatic ring is 1. The van der Waals surface area contributed by atoms with Gasteiger partial charge in [0.25, 0.3) is 10.0 Å². The van der Waals surface area contributed by atoms with Crippen LogP contribution in [-0.4, -0.2) is 27.0 Å². The Morgan fingerprint density at radius 3 is 2.53 bits per heavy atom. The second kappa shape index (κ2) is 4.36. The summed E-state index contributed by atoms with van der Waals surface area (Å²) >= 11 is 5.68. The van der Waals surface area contributed by atoms with E-state index in [4.69, 9.17) is 17.3 Å². The lowest BCUT2D eigenvalue weighted by Gasteiger charge is -2.14. The molecule has 0 atom stereocenters. The zero-order chi connectivity index (χ0) is 11.6. The van der Waals surface area contributed by atoms with Crippen molar-refractivity contribution in [2.24, 2.45) is 0 Å². The molecule has 0 aliphatic heterocycles. The predicted octanol–water partition coefficient (Wildman–Crippen LogP) is 1.10. The predicted molar refractivity (Wildman–Crippen MR) is 57.8 cm³/mol. The van der Waals surface area contributed by atoms with Crippen molar-refractivity contribution in [1.82, 2.24) is 4.47 Å². The van der Waals surface area contributed by atoms with Crippen LogP contribution in [0.5, 0.6) is 0 Å². The minimum atomic E-state index is -3.66. The number of hydroxylamine groups is 1. The normalized spacial score (nSPS) is 12.0. The van der Waals surface area contributed by atoms with E-state index in [0.717, 1.165) is 4.47 Å². The van der Waals surface area contributed by atoms with Crippen molar-refractivity contribution in [3.63, 3.8) is 0 Å². The lowest BCUT2D eigenvalue weighted by atomic mass is 10.3. The first-order valence-corrected chi connectivity index (χ1v) is 5.79. The molecular formula is C8H11ClN2O3S. The molecule has 0 saturated carbocycles. The van der Waals surface area contributed by atoms with Gasteiger partial charge in [0.15, 0.2) is 0 Å². The van der Waals surface area contributed by atoms with Crippen LogP contribution in [0.1, 0.15) is 0 Å². The summed E-state index contributed by atoms with van der Waals surface area (Å²) in [5.74, 6) is 0. The first-order chi connectivity index (χ1) is 6.89. The number of nitrogens with two attached hydrogens (primary N) is 1.